The molecule has 4 nitrogen and oxygen atoms in total. The summed E-state index contributed by atoms with van der Waals surface area (Å²) in [6, 6.07) is 19.7. The summed E-state index contributed by atoms with van der Waals surface area (Å²) < 4.78 is 33.6. The van der Waals surface area contributed by atoms with E-state index in [1.807, 2.05) is 60.7 Å². The van der Waals surface area contributed by atoms with Crippen molar-refractivity contribution in [1.82, 2.24) is 0 Å². The lowest BCUT2D eigenvalue weighted by Gasteiger charge is -2.16. The van der Waals surface area contributed by atoms with E-state index in [1.165, 1.54) is 5.56 Å². The molecule has 0 amide bonds. The molecule has 0 saturated carbocycles. The molecule has 0 saturated heterocycles. The summed E-state index contributed by atoms with van der Waals surface area (Å²) in [5.41, 5.74) is 2.21. The van der Waals surface area contributed by atoms with E-state index >= 15 is 0 Å². The lowest BCUT2D eigenvalue weighted by atomic mass is 10.1. The van der Waals surface area contributed by atoms with Gasteiger partial charge in [-0.2, -0.15) is 8.42 Å². The summed E-state index contributed by atoms with van der Waals surface area (Å²) >= 11 is 0. The minimum atomic E-state index is -3.51. The van der Waals surface area contributed by atoms with Gasteiger partial charge in [-0.05, 0) is 17.5 Å². The average molecular weight is 334 g/mol. The van der Waals surface area contributed by atoms with Gasteiger partial charge in [0.1, 0.15) is 6.10 Å². The summed E-state index contributed by atoms with van der Waals surface area (Å²) in [7, 11) is -3.51. The first kappa shape index (κ1) is 17.7. The third-order valence-electron chi connectivity index (χ3n) is 3.30. The van der Waals surface area contributed by atoms with Gasteiger partial charge in [0, 0.05) is 6.42 Å². The van der Waals surface area contributed by atoms with E-state index in [1.54, 1.807) is 0 Å². The third-order valence-corrected chi connectivity index (χ3v) is 3.92. The van der Waals surface area contributed by atoms with Gasteiger partial charge in [-0.3, -0.25) is 4.18 Å². The van der Waals surface area contributed by atoms with Crippen LogP contribution >= 0.6 is 0 Å². The highest BCUT2D eigenvalue weighted by Gasteiger charge is 2.16. The van der Waals surface area contributed by atoms with Gasteiger partial charge in [0.2, 0.25) is 0 Å². The van der Waals surface area contributed by atoms with Gasteiger partial charge in [0.25, 0.3) is 10.1 Å². The van der Waals surface area contributed by atoms with Crippen LogP contribution in [0.4, 0.5) is 0 Å². The van der Waals surface area contributed by atoms with Gasteiger partial charge in [-0.15, -0.1) is 0 Å². The zero-order chi connectivity index (χ0) is 16.5. The highest BCUT2D eigenvalue weighted by Crippen LogP contribution is 2.09. The molecule has 0 aliphatic heterocycles. The number of rotatable bonds is 9. The largest absolute Gasteiger partial charge is 0.378 e. The van der Waals surface area contributed by atoms with Crippen LogP contribution in [0.15, 0.2) is 60.7 Å². The van der Waals surface area contributed by atoms with Crippen molar-refractivity contribution < 1.29 is 17.3 Å². The lowest BCUT2D eigenvalue weighted by molar-refractivity contribution is 0.0554. The van der Waals surface area contributed by atoms with E-state index in [4.69, 9.17) is 8.92 Å². The van der Waals surface area contributed by atoms with Crippen LogP contribution < -0.4 is 0 Å². The van der Waals surface area contributed by atoms with Gasteiger partial charge in [-0.25, -0.2) is 0 Å². The van der Waals surface area contributed by atoms with Gasteiger partial charge >= 0.3 is 0 Å². The maximum atomic E-state index is 11.4. The SMILES string of the molecule is CS(=O)(=O)OC(COCCc1ccccc1)Cc1ccccc1. The minimum Gasteiger partial charge on any atom is -0.378 e. The second kappa shape index (κ2) is 8.82. The Balaban J connectivity index is 1.84. The fourth-order valence-electron chi connectivity index (χ4n) is 2.29. The summed E-state index contributed by atoms with van der Waals surface area (Å²) in [6.07, 6.45) is 1.84. The molecule has 2 aromatic carbocycles. The lowest BCUT2D eigenvalue weighted by Crippen LogP contribution is -2.26. The number of benzene rings is 2. The molecule has 124 valence electrons. The fraction of sp³-hybridized carbons (Fsp3) is 0.333. The first-order chi connectivity index (χ1) is 11.0. The molecule has 0 spiro atoms. The zero-order valence-electron chi connectivity index (χ0n) is 13.2. The Labute approximate surface area is 138 Å². The van der Waals surface area contributed by atoms with E-state index in [0.717, 1.165) is 18.2 Å². The molecular weight excluding hydrogens is 312 g/mol. The Morgan fingerprint density at radius 3 is 2.04 bits per heavy atom. The first-order valence-corrected chi connectivity index (χ1v) is 9.38. The standard InChI is InChI=1S/C18H22O4S/c1-23(19,20)22-18(14-17-10-6-3-7-11-17)15-21-13-12-16-8-4-2-5-9-16/h2-11,18H,12-15H2,1H3. The van der Waals surface area contributed by atoms with Crippen molar-refractivity contribution in [3.63, 3.8) is 0 Å². The molecule has 0 bridgehead atoms. The maximum Gasteiger partial charge on any atom is 0.264 e. The molecule has 1 unspecified atom stereocenters. The molecule has 1 atom stereocenters. The smallest absolute Gasteiger partial charge is 0.264 e. The molecule has 0 radical (unpaired) electrons. The molecule has 0 heterocycles. The monoisotopic (exact) mass is 334 g/mol. The van der Waals surface area contributed by atoms with Crippen LogP contribution in [0.2, 0.25) is 0 Å². The Morgan fingerprint density at radius 2 is 1.48 bits per heavy atom. The van der Waals surface area contributed by atoms with Gasteiger partial charge in [0.05, 0.1) is 19.5 Å². The van der Waals surface area contributed by atoms with Crippen molar-refractivity contribution in [3.05, 3.63) is 71.8 Å². The normalized spacial score (nSPS) is 12.9. The van der Waals surface area contributed by atoms with Gasteiger partial charge in [0.15, 0.2) is 0 Å². The van der Waals surface area contributed by atoms with Crippen molar-refractivity contribution in [3.8, 4) is 0 Å². The van der Waals surface area contributed by atoms with E-state index < -0.39 is 16.2 Å². The summed E-state index contributed by atoms with van der Waals surface area (Å²) in [5.74, 6) is 0. The van der Waals surface area contributed by atoms with Crippen LogP contribution in [0.25, 0.3) is 0 Å². The van der Waals surface area contributed by atoms with Gasteiger partial charge < -0.3 is 4.74 Å². The second-order valence-corrected chi connectivity index (χ2v) is 7.02. The van der Waals surface area contributed by atoms with Crippen LogP contribution in [0.1, 0.15) is 11.1 Å². The topological polar surface area (TPSA) is 52.6 Å². The third kappa shape index (κ3) is 7.41. The highest BCUT2D eigenvalue weighted by atomic mass is 32.2. The molecular formula is C18H22O4S. The van der Waals surface area contributed by atoms with Crippen molar-refractivity contribution in [2.75, 3.05) is 19.5 Å². The summed E-state index contributed by atoms with van der Waals surface area (Å²) in [6.45, 7) is 0.775. The first-order valence-electron chi connectivity index (χ1n) is 7.57. The predicted molar refractivity (Wildman–Crippen MR) is 90.8 cm³/mol. The van der Waals surface area contributed by atoms with Crippen LogP contribution in [0.3, 0.4) is 0 Å². The zero-order valence-corrected chi connectivity index (χ0v) is 14.0. The molecule has 0 fully saturated rings. The molecule has 0 aromatic heterocycles. The van der Waals surface area contributed by atoms with Crippen molar-refractivity contribution >= 4 is 10.1 Å². The second-order valence-electron chi connectivity index (χ2n) is 5.42. The van der Waals surface area contributed by atoms with Crippen LogP contribution in [-0.2, 0) is 31.9 Å². The molecule has 5 heteroatoms. The Bertz CT molecular complexity index is 669. The summed E-state index contributed by atoms with van der Waals surface area (Å²) in [5, 5.41) is 0. The average Bonchev–Trinajstić information content (AvgIpc) is 2.52. The van der Waals surface area contributed by atoms with Gasteiger partial charge in [-0.1, -0.05) is 60.7 Å². The molecule has 23 heavy (non-hydrogen) atoms. The number of hydrogen-bond donors (Lipinski definition) is 0. The number of hydrogen-bond acceptors (Lipinski definition) is 4. The molecule has 2 aromatic rings. The Morgan fingerprint density at radius 1 is 0.913 bits per heavy atom. The maximum absolute atomic E-state index is 11.4. The molecule has 0 N–H and O–H groups in total. The number of ether oxygens (including phenoxy) is 1. The van der Waals surface area contributed by atoms with Crippen molar-refractivity contribution in [2.45, 2.75) is 18.9 Å². The highest BCUT2D eigenvalue weighted by molar-refractivity contribution is 7.86. The fourth-order valence-corrected chi connectivity index (χ4v) is 2.91. The summed E-state index contributed by atoms with van der Waals surface area (Å²) in [4.78, 5) is 0. The molecule has 0 aliphatic carbocycles. The van der Waals surface area contributed by atoms with Crippen LogP contribution in [0, 0.1) is 0 Å². The Kier molecular flexibility index (Phi) is 6.77. The van der Waals surface area contributed by atoms with Crippen LogP contribution in [0.5, 0.6) is 0 Å². The van der Waals surface area contributed by atoms with Crippen LogP contribution in [-0.4, -0.2) is 34.0 Å². The van der Waals surface area contributed by atoms with Crippen molar-refractivity contribution in [2.24, 2.45) is 0 Å². The van der Waals surface area contributed by atoms with E-state index in [0.29, 0.717) is 13.0 Å². The van der Waals surface area contributed by atoms with E-state index in [9.17, 15) is 8.42 Å². The quantitative estimate of drug-likeness (QED) is 0.523. The molecule has 0 aliphatic rings. The van der Waals surface area contributed by atoms with E-state index in [-0.39, 0.29) is 6.61 Å². The molecule has 2 rings (SSSR count). The van der Waals surface area contributed by atoms with Crippen molar-refractivity contribution in [1.29, 1.82) is 0 Å². The Hall–Kier alpha value is -1.69. The van der Waals surface area contributed by atoms with E-state index in [2.05, 4.69) is 0 Å². The minimum absolute atomic E-state index is 0.245. The predicted octanol–water partition coefficient (Wildman–Crippen LogP) is 2.83.